The van der Waals surface area contributed by atoms with Crippen molar-refractivity contribution in [1.29, 1.82) is 0 Å². The molecule has 0 bridgehead atoms. The molecule has 1 aromatic carbocycles. The Hall–Kier alpha value is -2.69. The summed E-state index contributed by atoms with van der Waals surface area (Å²) in [6, 6.07) is 7.84. The summed E-state index contributed by atoms with van der Waals surface area (Å²) < 4.78 is 0. The minimum absolute atomic E-state index is 0.0215. The van der Waals surface area contributed by atoms with Crippen molar-refractivity contribution >= 4 is 17.5 Å². The normalized spacial score (nSPS) is 12.9. The molecule has 0 radical (unpaired) electrons. The van der Waals surface area contributed by atoms with Gasteiger partial charge in [0.1, 0.15) is 0 Å². The number of nitrogens with zero attached hydrogens (tertiary/aromatic N) is 1. The van der Waals surface area contributed by atoms with Gasteiger partial charge in [0.2, 0.25) is 11.8 Å². The number of benzene rings is 1. The molecule has 3 rings (SSSR count). The number of fused-ring (bicyclic) bond motifs is 1. The highest BCUT2D eigenvalue weighted by molar-refractivity contribution is 5.99. The van der Waals surface area contributed by atoms with E-state index in [9.17, 15) is 9.59 Å². The van der Waals surface area contributed by atoms with Gasteiger partial charge < -0.3 is 11.1 Å². The lowest BCUT2D eigenvalue weighted by Crippen LogP contribution is -2.15. The number of pyridine rings is 1. The number of nitrogens with one attached hydrogen (secondary N) is 1. The molecule has 2 aromatic rings. The molecule has 21 heavy (non-hydrogen) atoms. The van der Waals surface area contributed by atoms with Gasteiger partial charge in [0.15, 0.2) is 0 Å². The summed E-state index contributed by atoms with van der Waals surface area (Å²) in [6.07, 6.45) is 2.29. The molecule has 5 nitrogen and oxygen atoms in total. The topological polar surface area (TPSA) is 85.1 Å². The van der Waals surface area contributed by atoms with Crippen LogP contribution in [0.15, 0.2) is 30.5 Å². The monoisotopic (exact) mass is 281 g/mol. The fourth-order valence-corrected chi connectivity index (χ4v) is 2.52. The Labute approximate surface area is 122 Å². The number of carbonyl (C=O) groups is 2. The molecule has 106 valence electrons. The summed E-state index contributed by atoms with van der Waals surface area (Å²) in [6.45, 7) is 1.91. The molecule has 2 amide bonds. The van der Waals surface area contributed by atoms with Crippen LogP contribution in [-0.2, 0) is 22.4 Å². The number of hydrogen-bond donors (Lipinski definition) is 2. The van der Waals surface area contributed by atoms with E-state index in [-0.39, 0.29) is 18.2 Å². The summed E-state index contributed by atoms with van der Waals surface area (Å²) in [5.41, 5.74) is 10.7. The number of primary amides is 1. The van der Waals surface area contributed by atoms with Crippen molar-refractivity contribution in [1.82, 2.24) is 4.98 Å². The van der Waals surface area contributed by atoms with E-state index in [1.807, 2.05) is 31.2 Å². The number of carbonyl (C=O) groups excluding carboxylic acids is 2. The average molecular weight is 281 g/mol. The highest BCUT2D eigenvalue weighted by Crippen LogP contribution is 2.29. The second-order valence-electron chi connectivity index (χ2n) is 5.23. The maximum atomic E-state index is 11.4. The Morgan fingerprint density at radius 1 is 1.33 bits per heavy atom. The smallest absolute Gasteiger partial charge is 0.228 e. The van der Waals surface area contributed by atoms with Crippen molar-refractivity contribution < 1.29 is 9.59 Å². The van der Waals surface area contributed by atoms with Crippen LogP contribution in [0.2, 0.25) is 0 Å². The summed E-state index contributed by atoms with van der Waals surface area (Å²) in [7, 11) is 0. The zero-order valence-corrected chi connectivity index (χ0v) is 11.6. The van der Waals surface area contributed by atoms with E-state index in [1.54, 1.807) is 6.20 Å². The third-order valence-electron chi connectivity index (χ3n) is 3.59. The van der Waals surface area contributed by atoms with Crippen molar-refractivity contribution in [2.45, 2.75) is 19.8 Å². The van der Waals surface area contributed by atoms with E-state index in [2.05, 4.69) is 10.3 Å². The Balaban J connectivity index is 1.94. The van der Waals surface area contributed by atoms with Gasteiger partial charge in [-0.25, -0.2) is 0 Å². The zero-order chi connectivity index (χ0) is 15.0. The lowest BCUT2D eigenvalue weighted by molar-refractivity contribution is -0.117. The highest BCUT2D eigenvalue weighted by atomic mass is 16.2. The molecule has 0 unspecified atom stereocenters. The van der Waals surface area contributed by atoms with Gasteiger partial charge in [-0.2, -0.15) is 0 Å². The van der Waals surface area contributed by atoms with E-state index in [1.165, 1.54) is 0 Å². The van der Waals surface area contributed by atoms with Gasteiger partial charge in [0.25, 0.3) is 0 Å². The van der Waals surface area contributed by atoms with Crippen LogP contribution in [0.25, 0.3) is 11.1 Å². The molecular weight excluding hydrogens is 266 g/mol. The van der Waals surface area contributed by atoms with Crippen LogP contribution in [0.5, 0.6) is 0 Å². The van der Waals surface area contributed by atoms with Crippen molar-refractivity contribution in [3.05, 3.63) is 47.3 Å². The molecule has 0 atom stereocenters. The first kappa shape index (κ1) is 13.3. The van der Waals surface area contributed by atoms with Crippen LogP contribution < -0.4 is 11.1 Å². The quantitative estimate of drug-likeness (QED) is 0.895. The predicted octanol–water partition coefficient (Wildman–Crippen LogP) is 1.58. The molecule has 2 heterocycles. The van der Waals surface area contributed by atoms with Gasteiger partial charge in [-0.15, -0.1) is 0 Å². The molecule has 1 aliphatic heterocycles. The van der Waals surface area contributed by atoms with Gasteiger partial charge in [-0.3, -0.25) is 14.6 Å². The first-order valence-corrected chi connectivity index (χ1v) is 6.70. The molecule has 0 spiro atoms. The van der Waals surface area contributed by atoms with E-state index in [4.69, 9.17) is 5.73 Å². The summed E-state index contributed by atoms with van der Waals surface area (Å²) >= 11 is 0. The Morgan fingerprint density at radius 2 is 2.14 bits per heavy atom. The number of anilines is 1. The van der Waals surface area contributed by atoms with Gasteiger partial charge in [0.05, 0.1) is 18.5 Å². The number of hydrogen-bond acceptors (Lipinski definition) is 3. The van der Waals surface area contributed by atoms with Gasteiger partial charge >= 0.3 is 0 Å². The molecule has 0 fully saturated rings. The number of aryl methyl sites for hydroxylation is 1. The number of nitrogens with two attached hydrogens (primary N) is 1. The minimum Gasteiger partial charge on any atom is -0.369 e. The van der Waals surface area contributed by atoms with E-state index in [0.717, 1.165) is 27.9 Å². The lowest BCUT2D eigenvalue weighted by atomic mass is 10.0. The van der Waals surface area contributed by atoms with Crippen LogP contribution >= 0.6 is 0 Å². The Bertz CT molecular complexity index is 753. The average Bonchev–Trinajstić information content (AvgIpc) is 2.79. The SMILES string of the molecule is Cc1cc(-c2ccc3c(c2)CC(=O)N3)cnc1CC(N)=O. The molecule has 1 aromatic heterocycles. The Morgan fingerprint density at radius 3 is 2.86 bits per heavy atom. The third kappa shape index (κ3) is 2.63. The van der Waals surface area contributed by atoms with E-state index < -0.39 is 0 Å². The molecule has 5 heteroatoms. The predicted molar refractivity (Wildman–Crippen MR) is 79.6 cm³/mol. The van der Waals surface area contributed by atoms with Crippen molar-refractivity contribution in [2.75, 3.05) is 5.32 Å². The minimum atomic E-state index is -0.388. The van der Waals surface area contributed by atoms with Crippen LogP contribution in [0.4, 0.5) is 5.69 Å². The van der Waals surface area contributed by atoms with E-state index in [0.29, 0.717) is 12.1 Å². The van der Waals surface area contributed by atoms with Crippen molar-refractivity contribution in [3.8, 4) is 11.1 Å². The highest BCUT2D eigenvalue weighted by Gasteiger charge is 2.18. The van der Waals surface area contributed by atoms with Crippen LogP contribution in [0.1, 0.15) is 16.8 Å². The molecule has 1 aliphatic rings. The second-order valence-corrected chi connectivity index (χ2v) is 5.23. The first-order chi connectivity index (χ1) is 10.0. The molecule has 0 saturated carbocycles. The number of aromatic nitrogens is 1. The van der Waals surface area contributed by atoms with Gasteiger partial charge in [-0.05, 0) is 41.8 Å². The number of rotatable bonds is 3. The standard InChI is InChI=1S/C16H15N3O2/c1-9-4-12(8-18-14(9)7-15(17)20)10-2-3-13-11(5-10)6-16(21)19-13/h2-5,8H,6-7H2,1H3,(H2,17,20)(H,19,21). The lowest BCUT2D eigenvalue weighted by Gasteiger charge is -2.08. The van der Waals surface area contributed by atoms with Crippen molar-refractivity contribution in [3.63, 3.8) is 0 Å². The van der Waals surface area contributed by atoms with Crippen LogP contribution in [-0.4, -0.2) is 16.8 Å². The van der Waals surface area contributed by atoms with Crippen molar-refractivity contribution in [2.24, 2.45) is 5.73 Å². The number of amides is 2. The summed E-state index contributed by atoms with van der Waals surface area (Å²) in [5.74, 6) is -0.367. The maximum absolute atomic E-state index is 11.4. The second kappa shape index (κ2) is 5.01. The summed E-state index contributed by atoms with van der Waals surface area (Å²) in [4.78, 5) is 26.7. The molecule has 3 N–H and O–H groups in total. The summed E-state index contributed by atoms with van der Waals surface area (Å²) in [5, 5.41) is 2.81. The van der Waals surface area contributed by atoms with Crippen LogP contribution in [0.3, 0.4) is 0 Å². The fourth-order valence-electron chi connectivity index (χ4n) is 2.52. The third-order valence-corrected chi connectivity index (χ3v) is 3.59. The zero-order valence-electron chi connectivity index (χ0n) is 11.6. The van der Waals surface area contributed by atoms with Gasteiger partial charge in [0, 0.05) is 17.4 Å². The molecular formula is C16H15N3O2. The molecule has 0 saturated heterocycles. The molecule has 0 aliphatic carbocycles. The fraction of sp³-hybridized carbons (Fsp3) is 0.188. The Kier molecular flexibility index (Phi) is 3.17. The van der Waals surface area contributed by atoms with Gasteiger partial charge in [-0.1, -0.05) is 6.07 Å². The first-order valence-electron chi connectivity index (χ1n) is 6.70. The van der Waals surface area contributed by atoms with Crippen LogP contribution in [0, 0.1) is 6.92 Å². The largest absolute Gasteiger partial charge is 0.369 e. The van der Waals surface area contributed by atoms with E-state index >= 15 is 0 Å². The maximum Gasteiger partial charge on any atom is 0.228 e.